The lowest BCUT2D eigenvalue weighted by molar-refractivity contribution is -0.173. The number of benzene rings is 2. The van der Waals surface area contributed by atoms with E-state index in [4.69, 9.17) is 9.47 Å². The van der Waals surface area contributed by atoms with Crippen molar-refractivity contribution < 1.29 is 19.1 Å². The molecule has 2 aromatic carbocycles. The summed E-state index contributed by atoms with van der Waals surface area (Å²) in [5.74, 6) is -1.42. The molecule has 1 aliphatic carbocycles. The van der Waals surface area contributed by atoms with Gasteiger partial charge in [0.1, 0.15) is 0 Å². The molecule has 0 heterocycles. The van der Waals surface area contributed by atoms with Crippen LogP contribution in [0.5, 0.6) is 0 Å². The highest BCUT2D eigenvalue weighted by molar-refractivity contribution is 6.02. The molecule has 166 valence electrons. The van der Waals surface area contributed by atoms with Gasteiger partial charge in [-0.1, -0.05) is 42.5 Å². The quantitative estimate of drug-likeness (QED) is 0.325. The van der Waals surface area contributed by atoms with E-state index in [-0.39, 0.29) is 32.0 Å². The topological polar surface area (TPSA) is 77.3 Å². The zero-order valence-electron chi connectivity index (χ0n) is 18.4. The SMILES string of the molecule is CCOC(=O)C1(C(=O)OCC)CC(C=Nc2ccccc2)=CC(C=Nc2ccccc2)C1. The van der Waals surface area contributed by atoms with E-state index in [1.807, 2.05) is 66.7 Å². The number of carbonyl (C=O) groups is 2. The van der Waals surface area contributed by atoms with Crippen molar-refractivity contribution in [3.05, 3.63) is 72.3 Å². The van der Waals surface area contributed by atoms with Gasteiger partial charge in [0.2, 0.25) is 0 Å². The van der Waals surface area contributed by atoms with Crippen LogP contribution in [0.1, 0.15) is 26.7 Å². The summed E-state index contributed by atoms with van der Waals surface area (Å²) in [6.45, 7) is 3.81. The third kappa shape index (κ3) is 5.78. The summed E-state index contributed by atoms with van der Waals surface area (Å²) < 4.78 is 10.6. The number of carbonyl (C=O) groups excluding carboxylic acids is 2. The lowest BCUT2D eigenvalue weighted by atomic mass is 9.70. The van der Waals surface area contributed by atoms with Gasteiger partial charge in [-0.3, -0.25) is 19.6 Å². The van der Waals surface area contributed by atoms with E-state index in [2.05, 4.69) is 9.98 Å². The summed E-state index contributed by atoms with van der Waals surface area (Å²) in [7, 11) is 0. The van der Waals surface area contributed by atoms with Crippen molar-refractivity contribution in [2.75, 3.05) is 13.2 Å². The van der Waals surface area contributed by atoms with Gasteiger partial charge >= 0.3 is 11.9 Å². The van der Waals surface area contributed by atoms with Crippen molar-refractivity contribution in [1.82, 2.24) is 0 Å². The molecule has 0 fully saturated rings. The van der Waals surface area contributed by atoms with E-state index in [0.717, 1.165) is 16.9 Å². The van der Waals surface area contributed by atoms with Crippen LogP contribution in [0.3, 0.4) is 0 Å². The van der Waals surface area contributed by atoms with Crippen LogP contribution in [0.2, 0.25) is 0 Å². The van der Waals surface area contributed by atoms with E-state index in [0.29, 0.717) is 0 Å². The smallest absolute Gasteiger partial charge is 0.323 e. The van der Waals surface area contributed by atoms with Crippen molar-refractivity contribution in [3.8, 4) is 0 Å². The third-order valence-electron chi connectivity index (χ3n) is 5.16. The van der Waals surface area contributed by atoms with E-state index in [1.165, 1.54) is 0 Å². The van der Waals surface area contributed by atoms with Crippen LogP contribution >= 0.6 is 0 Å². The van der Waals surface area contributed by atoms with E-state index in [9.17, 15) is 9.59 Å². The molecule has 2 aromatic rings. The zero-order chi connectivity index (χ0) is 22.8. The largest absolute Gasteiger partial charge is 0.465 e. The summed E-state index contributed by atoms with van der Waals surface area (Å²) >= 11 is 0. The number of rotatable bonds is 8. The molecule has 0 N–H and O–H groups in total. The number of aliphatic imine (C=N–C) groups is 2. The lowest BCUT2D eigenvalue weighted by Crippen LogP contribution is -2.45. The van der Waals surface area contributed by atoms with Crippen molar-refractivity contribution in [2.45, 2.75) is 26.7 Å². The predicted molar refractivity (Wildman–Crippen MR) is 126 cm³/mol. The maximum absolute atomic E-state index is 13.0. The number of esters is 2. The molecule has 3 rings (SSSR count). The van der Waals surface area contributed by atoms with E-state index < -0.39 is 17.4 Å². The molecule has 6 nitrogen and oxygen atoms in total. The van der Waals surface area contributed by atoms with Crippen LogP contribution in [-0.2, 0) is 19.1 Å². The first-order valence-corrected chi connectivity index (χ1v) is 10.8. The number of para-hydroxylation sites is 2. The molecule has 0 saturated heterocycles. The third-order valence-corrected chi connectivity index (χ3v) is 5.16. The highest BCUT2D eigenvalue weighted by Gasteiger charge is 2.51. The maximum Gasteiger partial charge on any atom is 0.323 e. The Morgan fingerprint density at radius 2 is 1.44 bits per heavy atom. The molecule has 6 heteroatoms. The highest BCUT2D eigenvalue weighted by atomic mass is 16.6. The fraction of sp³-hybridized carbons (Fsp3) is 0.308. The Labute approximate surface area is 188 Å². The van der Waals surface area contributed by atoms with Crippen molar-refractivity contribution >= 4 is 35.7 Å². The van der Waals surface area contributed by atoms with Crippen LogP contribution in [0.4, 0.5) is 11.4 Å². The summed E-state index contributed by atoms with van der Waals surface area (Å²) in [5.41, 5.74) is 0.896. The van der Waals surface area contributed by atoms with Crippen LogP contribution in [-0.4, -0.2) is 37.6 Å². The summed E-state index contributed by atoms with van der Waals surface area (Å²) in [4.78, 5) is 35.1. The molecule has 32 heavy (non-hydrogen) atoms. The minimum atomic E-state index is -1.44. The molecule has 0 aromatic heterocycles. The molecule has 0 saturated carbocycles. The Balaban J connectivity index is 1.98. The molecular formula is C26H28N2O4. The Bertz CT molecular complexity index is 979. The van der Waals surface area contributed by atoms with Crippen molar-refractivity contribution in [3.63, 3.8) is 0 Å². The molecule has 1 aliphatic rings. The Hall–Kier alpha value is -3.54. The first-order valence-electron chi connectivity index (χ1n) is 10.8. The van der Waals surface area contributed by atoms with Gasteiger partial charge in [-0.05, 0) is 50.1 Å². The number of ether oxygens (including phenoxy) is 2. The molecule has 0 bridgehead atoms. The normalized spacial score (nSPS) is 17.8. The van der Waals surface area contributed by atoms with Crippen LogP contribution in [0.25, 0.3) is 0 Å². The summed E-state index contributed by atoms with van der Waals surface area (Å²) in [5, 5.41) is 0. The average Bonchev–Trinajstić information content (AvgIpc) is 2.83. The monoisotopic (exact) mass is 432 g/mol. The summed E-state index contributed by atoms with van der Waals surface area (Å²) in [6.07, 6.45) is 5.85. The molecule has 1 atom stereocenters. The van der Waals surface area contributed by atoms with Gasteiger partial charge < -0.3 is 9.47 Å². The van der Waals surface area contributed by atoms with Crippen molar-refractivity contribution in [2.24, 2.45) is 21.3 Å². The molecule has 1 unspecified atom stereocenters. The second-order valence-electron chi connectivity index (χ2n) is 7.52. The van der Waals surface area contributed by atoms with Crippen molar-refractivity contribution in [1.29, 1.82) is 0 Å². The van der Waals surface area contributed by atoms with Gasteiger partial charge in [0.05, 0.1) is 24.6 Å². The number of hydrogen-bond acceptors (Lipinski definition) is 6. The lowest BCUT2D eigenvalue weighted by Gasteiger charge is -2.34. The van der Waals surface area contributed by atoms with Gasteiger partial charge in [-0.2, -0.15) is 0 Å². The summed E-state index contributed by atoms with van der Waals surface area (Å²) in [6, 6.07) is 19.0. The van der Waals surface area contributed by atoms with Crippen LogP contribution in [0, 0.1) is 11.3 Å². The maximum atomic E-state index is 13.0. The van der Waals surface area contributed by atoms with E-state index in [1.54, 1.807) is 26.3 Å². The minimum absolute atomic E-state index is 0.163. The van der Waals surface area contributed by atoms with Gasteiger partial charge in [-0.15, -0.1) is 0 Å². The molecular weight excluding hydrogens is 404 g/mol. The predicted octanol–water partition coefficient (Wildman–Crippen LogP) is 5.24. The minimum Gasteiger partial charge on any atom is -0.465 e. The standard InChI is InChI=1S/C26H28N2O4/c1-3-31-24(29)26(25(30)32-4-2)16-20(18-27-22-11-7-5-8-12-22)15-21(17-26)19-28-23-13-9-6-10-14-23/h5-15,18-20H,3-4,16-17H2,1-2H3. The van der Waals surface area contributed by atoms with Crippen LogP contribution < -0.4 is 0 Å². The zero-order valence-corrected chi connectivity index (χ0v) is 18.4. The Kier molecular flexibility index (Phi) is 8.08. The fourth-order valence-electron chi connectivity index (χ4n) is 3.70. The Morgan fingerprint density at radius 1 is 0.906 bits per heavy atom. The van der Waals surface area contributed by atoms with Gasteiger partial charge in [0.25, 0.3) is 0 Å². The fourth-order valence-corrected chi connectivity index (χ4v) is 3.70. The van der Waals surface area contributed by atoms with Gasteiger partial charge in [0, 0.05) is 24.8 Å². The highest BCUT2D eigenvalue weighted by Crippen LogP contribution is 2.41. The second kappa shape index (κ2) is 11.2. The van der Waals surface area contributed by atoms with E-state index >= 15 is 0 Å². The number of nitrogens with zero attached hydrogens (tertiary/aromatic N) is 2. The molecule has 0 spiro atoms. The van der Waals surface area contributed by atoms with Gasteiger partial charge in [0.15, 0.2) is 5.41 Å². The van der Waals surface area contributed by atoms with Crippen LogP contribution in [0.15, 0.2) is 82.3 Å². The number of allylic oxidation sites excluding steroid dienone is 2. The molecule has 0 amide bonds. The van der Waals surface area contributed by atoms with Gasteiger partial charge in [-0.25, -0.2) is 0 Å². The second-order valence-corrected chi connectivity index (χ2v) is 7.52. The first-order chi connectivity index (χ1) is 15.6. The molecule has 0 radical (unpaired) electrons. The molecule has 0 aliphatic heterocycles. The Morgan fingerprint density at radius 3 is 1.97 bits per heavy atom. The number of hydrogen-bond donors (Lipinski definition) is 0. The first kappa shape index (κ1) is 23.1. The average molecular weight is 433 g/mol.